The first-order valence-electron chi connectivity index (χ1n) is 22.0. The molecule has 0 unspecified atom stereocenters. The topological polar surface area (TPSA) is 77.7 Å². The van der Waals surface area contributed by atoms with Crippen molar-refractivity contribution in [3.8, 4) is 11.4 Å². The van der Waals surface area contributed by atoms with Gasteiger partial charge < -0.3 is 33.5 Å². The van der Waals surface area contributed by atoms with Crippen LogP contribution in [0, 0.1) is 13.8 Å². The van der Waals surface area contributed by atoms with Gasteiger partial charge in [0.25, 0.3) is 0 Å². The molecule has 5 aromatic carbocycles. The fraction of sp³-hybridized carbons (Fsp3) is 0.250. The van der Waals surface area contributed by atoms with Crippen LogP contribution in [-0.4, -0.2) is 108 Å². The minimum atomic E-state index is -1.70. The standard InChI is InChI=1S/C24H27NOP.C17H19Cl2N3O.C11H8Cl2N2O.HI/c1-4-10-22(11-5-1)27(23-12-6-2-7-13-23,24-14-8-3-9-15-24)21-18-25-16-19-26-20-17-25;1-13-11-14(3-2-6-21-7-9-23-10-8-21)20-22(13)15-4-5-16(18)17(19)12-15;1-7-4-8(6-16)14-15(7)9-2-3-10(12)11(13)5-9;/h1-15H,16-21H2;2-5,11-12H,6-10H2,1H3;2-6H,1H3;1H/q+1;;;/p-1. The van der Waals surface area contributed by atoms with Gasteiger partial charge in [-0.2, -0.15) is 10.2 Å². The van der Waals surface area contributed by atoms with Crippen LogP contribution in [0.1, 0.15) is 27.6 Å². The fourth-order valence-electron chi connectivity index (χ4n) is 8.00. The number of aldehydes is 1. The van der Waals surface area contributed by atoms with E-state index < -0.39 is 7.26 Å². The average Bonchev–Trinajstić information content (AvgIpc) is 3.94. The van der Waals surface area contributed by atoms with Crippen molar-refractivity contribution in [2.45, 2.75) is 13.8 Å². The molecular weight excluding hydrogens is 1060 g/mol. The van der Waals surface area contributed by atoms with E-state index in [9.17, 15) is 4.79 Å². The second-order valence-electron chi connectivity index (χ2n) is 15.9. The zero-order valence-electron chi connectivity index (χ0n) is 37.5. The molecular formula is C52H54Cl4IN6O3P. The Morgan fingerprint density at radius 3 is 1.39 bits per heavy atom. The maximum Gasteiger partial charge on any atom is 0.170 e. The van der Waals surface area contributed by atoms with Crippen molar-refractivity contribution >= 4 is 81.9 Å². The Labute approximate surface area is 431 Å². The van der Waals surface area contributed by atoms with Gasteiger partial charge in [-0.3, -0.25) is 14.6 Å². The number of ether oxygens (including phenoxy) is 2. The summed E-state index contributed by atoms with van der Waals surface area (Å²) in [5.74, 6) is 0. The van der Waals surface area contributed by atoms with Crippen LogP contribution in [0.5, 0.6) is 0 Å². The van der Waals surface area contributed by atoms with Crippen molar-refractivity contribution < 1.29 is 38.2 Å². The van der Waals surface area contributed by atoms with Gasteiger partial charge in [0.05, 0.1) is 69.7 Å². The second kappa shape index (κ2) is 26.2. The first-order chi connectivity index (χ1) is 32.1. The molecule has 350 valence electrons. The highest BCUT2D eigenvalue weighted by atomic mass is 127. The van der Waals surface area contributed by atoms with E-state index >= 15 is 0 Å². The Morgan fingerprint density at radius 1 is 0.552 bits per heavy atom. The molecule has 2 saturated heterocycles. The summed E-state index contributed by atoms with van der Waals surface area (Å²) < 4.78 is 14.4. The third-order valence-electron chi connectivity index (χ3n) is 11.4. The summed E-state index contributed by atoms with van der Waals surface area (Å²) in [5.41, 5.74) is 4.92. The van der Waals surface area contributed by atoms with Gasteiger partial charge >= 0.3 is 0 Å². The lowest BCUT2D eigenvalue weighted by molar-refractivity contribution is -0.0000219. The van der Waals surface area contributed by atoms with E-state index in [0.29, 0.717) is 32.1 Å². The first kappa shape index (κ1) is 52.5. The van der Waals surface area contributed by atoms with Crippen molar-refractivity contribution in [3.05, 3.63) is 188 Å². The van der Waals surface area contributed by atoms with Gasteiger partial charge in [0.2, 0.25) is 0 Å². The molecule has 7 aromatic rings. The van der Waals surface area contributed by atoms with E-state index in [1.165, 1.54) is 15.9 Å². The molecule has 0 spiro atoms. The van der Waals surface area contributed by atoms with Crippen molar-refractivity contribution in [3.63, 3.8) is 0 Å². The number of morpholine rings is 2. The number of aryl methyl sites for hydroxylation is 2. The summed E-state index contributed by atoms with van der Waals surface area (Å²) >= 11 is 23.8. The number of rotatable bonds is 12. The lowest BCUT2D eigenvalue weighted by Gasteiger charge is -2.32. The van der Waals surface area contributed by atoms with Crippen LogP contribution in [0.4, 0.5) is 0 Å². The fourth-order valence-corrected chi connectivity index (χ4v) is 12.9. The van der Waals surface area contributed by atoms with E-state index in [0.717, 1.165) is 100 Å². The molecule has 2 aliphatic heterocycles. The molecule has 9 rings (SSSR count). The Hall–Kier alpha value is -3.91. The van der Waals surface area contributed by atoms with E-state index in [2.05, 4.69) is 129 Å². The van der Waals surface area contributed by atoms with Crippen molar-refractivity contribution in [1.29, 1.82) is 0 Å². The number of nitrogens with zero attached hydrogens (tertiary/aromatic N) is 6. The second-order valence-corrected chi connectivity index (χ2v) is 21.1. The smallest absolute Gasteiger partial charge is 0.170 e. The summed E-state index contributed by atoms with van der Waals surface area (Å²) in [6.45, 7) is 13.3. The highest BCUT2D eigenvalue weighted by Gasteiger charge is 2.45. The summed E-state index contributed by atoms with van der Waals surface area (Å²) in [7, 11) is -1.70. The maximum atomic E-state index is 10.6. The maximum absolute atomic E-state index is 10.6. The number of halogens is 5. The van der Waals surface area contributed by atoms with Crippen LogP contribution < -0.4 is 39.9 Å². The summed E-state index contributed by atoms with van der Waals surface area (Å²) in [4.78, 5) is 15.5. The lowest BCUT2D eigenvalue weighted by atomic mass is 10.3. The van der Waals surface area contributed by atoms with Crippen LogP contribution >= 0.6 is 53.7 Å². The van der Waals surface area contributed by atoms with Crippen LogP contribution in [-0.2, 0) is 9.47 Å². The number of hydrogen-bond acceptors (Lipinski definition) is 7. The zero-order valence-corrected chi connectivity index (χ0v) is 43.6. The Bertz CT molecular complexity index is 2560. The zero-order chi connectivity index (χ0) is 46.3. The molecule has 0 radical (unpaired) electrons. The minimum absolute atomic E-state index is 0. The molecule has 2 fully saturated rings. The molecule has 2 aliphatic rings. The molecule has 9 nitrogen and oxygen atoms in total. The lowest BCUT2D eigenvalue weighted by Crippen LogP contribution is -3.00. The molecule has 67 heavy (non-hydrogen) atoms. The molecule has 0 atom stereocenters. The minimum Gasteiger partial charge on any atom is -1.00 e. The van der Waals surface area contributed by atoms with Gasteiger partial charge in [-0.05, 0) is 105 Å². The summed E-state index contributed by atoms with van der Waals surface area (Å²) in [6.07, 6.45) is 6.06. The van der Waals surface area contributed by atoms with Crippen molar-refractivity contribution in [2.24, 2.45) is 0 Å². The average molecular weight is 1110 g/mol. The number of carbonyl (C=O) groups is 1. The predicted molar refractivity (Wildman–Crippen MR) is 276 cm³/mol. The van der Waals surface area contributed by atoms with Crippen LogP contribution in [0.2, 0.25) is 20.1 Å². The quantitative estimate of drug-likeness (QED) is 0.0716. The third-order valence-corrected chi connectivity index (χ3v) is 17.3. The van der Waals surface area contributed by atoms with Gasteiger partial charge in [0, 0.05) is 50.7 Å². The van der Waals surface area contributed by atoms with Gasteiger partial charge in [-0.1, -0.05) is 107 Å². The molecule has 0 N–H and O–H groups in total. The monoisotopic (exact) mass is 1110 g/mol. The largest absolute Gasteiger partial charge is 1.00 e. The Balaban J connectivity index is 0.000000170. The van der Waals surface area contributed by atoms with E-state index in [-0.39, 0.29) is 24.0 Å². The normalized spacial score (nSPS) is 14.4. The van der Waals surface area contributed by atoms with Gasteiger partial charge in [-0.25, -0.2) is 9.36 Å². The first-order valence-corrected chi connectivity index (χ1v) is 25.4. The Morgan fingerprint density at radius 2 is 0.970 bits per heavy atom. The predicted octanol–water partition coefficient (Wildman–Crippen LogP) is 7.45. The summed E-state index contributed by atoms with van der Waals surface area (Å²) in [6, 6.07) is 47.9. The molecule has 0 bridgehead atoms. The number of benzene rings is 5. The number of hydrogen-bond donors (Lipinski definition) is 0. The van der Waals surface area contributed by atoms with Crippen molar-refractivity contribution in [2.75, 3.05) is 71.9 Å². The molecule has 4 heterocycles. The number of aromatic nitrogens is 4. The molecule has 15 heteroatoms. The number of carbonyl (C=O) groups excluding carboxylic acids is 1. The molecule has 0 aliphatic carbocycles. The van der Waals surface area contributed by atoms with Gasteiger partial charge in [0.1, 0.15) is 28.9 Å². The van der Waals surface area contributed by atoms with E-state index in [4.69, 9.17) is 55.9 Å². The van der Waals surface area contributed by atoms with Crippen LogP contribution in [0.3, 0.4) is 0 Å². The van der Waals surface area contributed by atoms with Crippen LogP contribution in [0.25, 0.3) is 17.5 Å². The molecule has 2 aromatic heterocycles. The molecule has 0 saturated carbocycles. The van der Waals surface area contributed by atoms with E-state index in [1.54, 1.807) is 35.0 Å². The van der Waals surface area contributed by atoms with Gasteiger partial charge in [-0.15, -0.1) is 0 Å². The summed E-state index contributed by atoms with van der Waals surface area (Å²) in [5, 5.41) is 15.2. The Kier molecular flexibility index (Phi) is 20.5. The van der Waals surface area contributed by atoms with Gasteiger partial charge in [0.15, 0.2) is 6.29 Å². The highest BCUT2D eigenvalue weighted by Crippen LogP contribution is 2.55. The van der Waals surface area contributed by atoms with E-state index in [1.807, 2.05) is 30.7 Å². The van der Waals surface area contributed by atoms with Crippen molar-refractivity contribution in [1.82, 2.24) is 29.4 Å². The van der Waals surface area contributed by atoms with Crippen LogP contribution in [0.15, 0.2) is 146 Å². The third kappa shape index (κ3) is 14.1. The SMILES string of the molecule is Cc1cc(C=CCN2CCOCC2)nn1-c1ccc(Cl)c(Cl)c1.Cc1cc(C=O)nn1-c1ccc(Cl)c(Cl)c1.[I-].c1ccc([P+](CCN2CCOCC2)(c2ccccc2)c2ccccc2)cc1. The molecule has 0 amide bonds. The highest BCUT2D eigenvalue weighted by molar-refractivity contribution is 7.95.